The fourth-order valence-corrected chi connectivity index (χ4v) is 5.34. The summed E-state index contributed by atoms with van der Waals surface area (Å²) in [7, 11) is 2.06. The summed E-state index contributed by atoms with van der Waals surface area (Å²) in [5.74, 6) is -0.149. The standard InChI is InChI=1S/C29H35FN4O3/c1-29(2,3)37-28(36)33-14-12-25-24(18-33)23-10-9-22(17-26(23)31(25)4)34-16-15-32(19-27(34)35)13-11-20-5-7-21(30)8-6-20/h5-10,17H,11-16,18-19H2,1-4H3. The van der Waals surface area contributed by atoms with Gasteiger partial charge in [-0.2, -0.15) is 0 Å². The SMILES string of the molecule is Cn1c2c(c3ccc(N4CCN(CCc5ccc(F)cc5)CC4=O)cc31)CN(C(=O)OC(C)(C)C)CC2. The highest BCUT2D eigenvalue weighted by molar-refractivity contribution is 5.98. The number of benzene rings is 2. The van der Waals surface area contributed by atoms with Crippen molar-refractivity contribution in [2.75, 3.05) is 37.6 Å². The van der Waals surface area contributed by atoms with E-state index in [1.165, 1.54) is 17.8 Å². The van der Waals surface area contributed by atoms with Crippen LogP contribution < -0.4 is 4.90 Å². The zero-order valence-electron chi connectivity index (χ0n) is 22.1. The molecule has 37 heavy (non-hydrogen) atoms. The van der Waals surface area contributed by atoms with Gasteiger partial charge in [-0.3, -0.25) is 9.69 Å². The van der Waals surface area contributed by atoms with Crippen LogP contribution in [-0.4, -0.2) is 64.7 Å². The number of ether oxygens (including phenoxy) is 1. The van der Waals surface area contributed by atoms with Crippen molar-refractivity contribution in [3.63, 3.8) is 0 Å². The van der Waals surface area contributed by atoms with Crippen molar-refractivity contribution < 1.29 is 18.7 Å². The van der Waals surface area contributed by atoms with Crippen molar-refractivity contribution >= 4 is 28.6 Å². The van der Waals surface area contributed by atoms with Gasteiger partial charge in [0.1, 0.15) is 11.4 Å². The highest BCUT2D eigenvalue weighted by Gasteiger charge is 2.30. The Morgan fingerprint density at radius 1 is 1.03 bits per heavy atom. The van der Waals surface area contributed by atoms with Crippen LogP contribution in [0.25, 0.3) is 10.9 Å². The Hall–Kier alpha value is -3.39. The quantitative estimate of drug-likeness (QED) is 0.523. The molecule has 2 aliphatic heterocycles. The van der Waals surface area contributed by atoms with E-state index in [1.54, 1.807) is 17.0 Å². The number of hydrogen-bond acceptors (Lipinski definition) is 4. The van der Waals surface area contributed by atoms with Gasteiger partial charge in [-0.15, -0.1) is 0 Å². The lowest BCUT2D eigenvalue weighted by atomic mass is 10.0. The van der Waals surface area contributed by atoms with Crippen LogP contribution in [0.15, 0.2) is 42.5 Å². The third-order valence-electron chi connectivity index (χ3n) is 7.28. The predicted octanol–water partition coefficient (Wildman–Crippen LogP) is 4.50. The summed E-state index contributed by atoms with van der Waals surface area (Å²) in [5, 5.41) is 1.11. The first-order chi connectivity index (χ1) is 17.6. The lowest BCUT2D eigenvalue weighted by Crippen LogP contribution is -2.50. The number of nitrogens with zero attached hydrogens (tertiary/aromatic N) is 4. The highest BCUT2D eigenvalue weighted by atomic mass is 19.1. The van der Waals surface area contributed by atoms with E-state index >= 15 is 0 Å². The monoisotopic (exact) mass is 506 g/mol. The minimum atomic E-state index is -0.525. The topological polar surface area (TPSA) is 58.0 Å². The highest BCUT2D eigenvalue weighted by Crippen LogP contribution is 2.33. The molecule has 0 N–H and O–H groups in total. The van der Waals surface area contributed by atoms with Gasteiger partial charge in [-0.25, -0.2) is 9.18 Å². The number of hydrogen-bond donors (Lipinski definition) is 0. The Kier molecular flexibility index (Phi) is 6.70. The molecule has 2 aliphatic rings. The number of carbonyl (C=O) groups excluding carboxylic acids is 2. The number of amides is 2. The third kappa shape index (κ3) is 5.34. The van der Waals surface area contributed by atoms with Crippen LogP contribution in [0.4, 0.5) is 14.9 Å². The average molecular weight is 507 g/mol. The second-order valence-electron chi connectivity index (χ2n) is 11.0. The first-order valence-corrected chi connectivity index (χ1v) is 12.9. The van der Waals surface area contributed by atoms with Crippen molar-refractivity contribution in [1.29, 1.82) is 0 Å². The number of aryl methyl sites for hydroxylation is 1. The molecule has 3 aromatic rings. The van der Waals surface area contributed by atoms with Crippen molar-refractivity contribution in [1.82, 2.24) is 14.4 Å². The van der Waals surface area contributed by atoms with Crippen molar-refractivity contribution in [2.45, 2.75) is 45.8 Å². The molecule has 0 aliphatic carbocycles. The van der Waals surface area contributed by atoms with Crippen LogP contribution in [-0.2, 0) is 36.0 Å². The molecule has 7 nitrogen and oxygen atoms in total. The number of piperazine rings is 1. The Labute approximate surface area is 217 Å². The van der Waals surface area contributed by atoms with Crippen LogP contribution in [0.3, 0.4) is 0 Å². The molecule has 0 saturated carbocycles. The molecular formula is C29H35FN4O3. The summed E-state index contributed by atoms with van der Waals surface area (Å²) in [5.41, 5.74) is 4.89. The Bertz CT molecular complexity index is 1330. The number of rotatable bonds is 4. The molecule has 0 unspecified atom stereocenters. The number of carbonyl (C=O) groups is 2. The van der Waals surface area contributed by atoms with Crippen LogP contribution in [0.5, 0.6) is 0 Å². The fraction of sp³-hybridized carbons (Fsp3) is 0.448. The lowest BCUT2D eigenvalue weighted by molar-refractivity contribution is -0.121. The normalized spacial score (nSPS) is 16.8. The second-order valence-corrected chi connectivity index (χ2v) is 11.0. The zero-order valence-corrected chi connectivity index (χ0v) is 22.1. The first kappa shape index (κ1) is 25.3. The van der Waals surface area contributed by atoms with Gasteiger partial charge < -0.3 is 19.1 Å². The molecule has 196 valence electrons. The average Bonchev–Trinajstić information content (AvgIpc) is 3.13. The lowest BCUT2D eigenvalue weighted by Gasteiger charge is -2.34. The van der Waals surface area contributed by atoms with E-state index in [1.807, 2.05) is 31.7 Å². The van der Waals surface area contributed by atoms with Gasteiger partial charge in [0.15, 0.2) is 0 Å². The molecule has 2 aromatic carbocycles. The molecule has 0 spiro atoms. The number of aromatic nitrogens is 1. The van der Waals surface area contributed by atoms with Gasteiger partial charge in [-0.1, -0.05) is 18.2 Å². The maximum Gasteiger partial charge on any atom is 0.410 e. The summed E-state index contributed by atoms with van der Waals surface area (Å²) in [6.45, 7) is 9.34. The summed E-state index contributed by atoms with van der Waals surface area (Å²) in [6.07, 6.45) is 1.27. The van der Waals surface area contributed by atoms with Crippen molar-refractivity contribution in [3.05, 3.63) is 65.1 Å². The number of anilines is 1. The van der Waals surface area contributed by atoms with E-state index in [-0.39, 0.29) is 17.8 Å². The van der Waals surface area contributed by atoms with Crippen LogP contribution in [0.1, 0.15) is 37.6 Å². The Morgan fingerprint density at radius 3 is 2.49 bits per heavy atom. The van der Waals surface area contributed by atoms with Gasteiger partial charge >= 0.3 is 6.09 Å². The fourth-order valence-electron chi connectivity index (χ4n) is 5.34. The van der Waals surface area contributed by atoms with E-state index in [0.717, 1.165) is 53.6 Å². The van der Waals surface area contributed by atoms with Crippen molar-refractivity contribution in [3.8, 4) is 0 Å². The molecule has 5 rings (SSSR count). The van der Waals surface area contributed by atoms with E-state index in [4.69, 9.17) is 4.74 Å². The second kappa shape index (κ2) is 9.82. The van der Waals surface area contributed by atoms with Crippen LogP contribution in [0, 0.1) is 5.82 Å². The zero-order chi connectivity index (χ0) is 26.3. The molecule has 0 atom stereocenters. The number of fused-ring (bicyclic) bond motifs is 3. The third-order valence-corrected chi connectivity index (χ3v) is 7.28. The largest absolute Gasteiger partial charge is 0.444 e. The van der Waals surface area contributed by atoms with Gasteiger partial charge in [0.05, 0.1) is 18.6 Å². The van der Waals surface area contributed by atoms with Gasteiger partial charge in [0.25, 0.3) is 0 Å². The summed E-state index contributed by atoms with van der Waals surface area (Å²) in [6, 6.07) is 12.7. The summed E-state index contributed by atoms with van der Waals surface area (Å²) in [4.78, 5) is 31.5. The Balaban J connectivity index is 1.28. The maximum absolute atomic E-state index is 13.1. The van der Waals surface area contributed by atoms with E-state index in [2.05, 4.69) is 28.6 Å². The van der Waals surface area contributed by atoms with Crippen LogP contribution >= 0.6 is 0 Å². The van der Waals surface area contributed by atoms with E-state index in [0.29, 0.717) is 26.2 Å². The maximum atomic E-state index is 13.1. The van der Waals surface area contributed by atoms with E-state index in [9.17, 15) is 14.0 Å². The Morgan fingerprint density at radius 2 is 1.78 bits per heavy atom. The van der Waals surface area contributed by atoms with Crippen molar-refractivity contribution in [2.24, 2.45) is 7.05 Å². The minimum absolute atomic E-state index is 0.0831. The molecule has 2 amide bonds. The first-order valence-electron chi connectivity index (χ1n) is 12.9. The van der Waals surface area contributed by atoms with E-state index < -0.39 is 5.60 Å². The van der Waals surface area contributed by atoms with Crippen LogP contribution in [0.2, 0.25) is 0 Å². The molecule has 3 heterocycles. The molecule has 0 bridgehead atoms. The summed E-state index contributed by atoms with van der Waals surface area (Å²) >= 11 is 0. The van der Waals surface area contributed by atoms with Gasteiger partial charge in [0, 0.05) is 62.0 Å². The predicted molar refractivity (Wildman–Crippen MR) is 142 cm³/mol. The smallest absolute Gasteiger partial charge is 0.410 e. The molecule has 0 radical (unpaired) electrons. The molecule has 8 heteroatoms. The number of halogens is 1. The van der Waals surface area contributed by atoms with Gasteiger partial charge in [-0.05, 0) is 57.0 Å². The minimum Gasteiger partial charge on any atom is -0.444 e. The molecule has 1 saturated heterocycles. The molecular weight excluding hydrogens is 471 g/mol. The molecule has 1 aromatic heterocycles. The summed E-state index contributed by atoms with van der Waals surface area (Å²) < 4.78 is 20.9. The molecule has 1 fully saturated rings. The van der Waals surface area contributed by atoms with Gasteiger partial charge in [0.2, 0.25) is 5.91 Å².